The third-order valence-corrected chi connectivity index (χ3v) is 13.6. The first-order valence-corrected chi connectivity index (χ1v) is 22.3. The number of hydrogen-bond donors (Lipinski definition) is 0. The van der Waals surface area contributed by atoms with Crippen molar-refractivity contribution in [2.75, 3.05) is 0 Å². The van der Waals surface area contributed by atoms with E-state index in [0.717, 1.165) is 60.9 Å². The zero-order valence-electron chi connectivity index (χ0n) is 35.9. The Morgan fingerprint density at radius 1 is 0.323 bits per heavy atom. The predicted octanol–water partition coefficient (Wildman–Crippen LogP) is 15.0. The molecule has 0 radical (unpaired) electrons. The average molecular weight is 832 g/mol. The highest BCUT2D eigenvalue weighted by Gasteiger charge is 2.36. The topological polar surface area (TPSA) is 48.5 Å². The normalized spacial score (nSPS) is 12.9. The molecule has 1 aliphatic carbocycles. The number of aromatic nitrogens is 5. The summed E-state index contributed by atoms with van der Waals surface area (Å²) in [6, 6.07) is 76.1. The van der Waals surface area contributed by atoms with Gasteiger partial charge >= 0.3 is 0 Å². The summed E-state index contributed by atoms with van der Waals surface area (Å²) >= 11 is 0. The zero-order chi connectivity index (χ0) is 43.2. The Balaban J connectivity index is 1.06. The summed E-state index contributed by atoms with van der Waals surface area (Å²) in [5.74, 6) is 1.82. The molecule has 0 N–H and O–H groups in total. The summed E-state index contributed by atoms with van der Waals surface area (Å²) in [5, 5.41) is 4.77. The van der Waals surface area contributed by atoms with Crippen molar-refractivity contribution in [2.45, 2.75) is 19.3 Å². The van der Waals surface area contributed by atoms with Crippen molar-refractivity contribution in [1.82, 2.24) is 24.1 Å². The molecule has 306 valence electrons. The minimum absolute atomic E-state index is 0.172. The van der Waals surface area contributed by atoms with E-state index in [2.05, 4.69) is 211 Å². The standard InChI is InChI=1S/C60H41N5/c1-60(2)51-27-14-12-25-45(51)47-37-56-50(36-52(47)60)49-35-42(41-29-31-54-48(34-41)46-26-13-15-28-53(46)64(54)44-23-10-5-11-24-44)30-32-55(49)65(56)59-62-57(39-19-8-4-9-20-39)61-58(63-59)43-22-16-21-40(33-43)38-17-6-3-7-18-38/h3-37H,1-2H3. The van der Waals surface area contributed by atoms with Crippen molar-refractivity contribution < 1.29 is 0 Å². The van der Waals surface area contributed by atoms with Crippen molar-refractivity contribution in [3.63, 3.8) is 0 Å². The summed E-state index contributed by atoms with van der Waals surface area (Å²) in [6.45, 7) is 4.70. The highest BCUT2D eigenvalue weighted by molar-refractivity contribution is 6.14. The van der Waals surface area contributed by atoms with Gasteiger partial charge in [-0.1, -0.05) is 166 Å². The fourth-order valence-corrected chi connectivity index (χ4v) is 10.4. The summed E-state index contributed by atoms with van der Waals surface area (Å²) in [7, 11) is 0. The lowest BCUT2D eigenvalue weighted by molar-refractivity contribution is 0.661. The van der Waals surface area contributed by atoms with Gasteiger partial charge in [-0.2, -0.15) is 9.97 Å². The number of nitrogens with zero attached hydrogens (tertiary/aromatic N) is 5. The smallest absolute Gasteiger partial charge is 0.238 e. The maximum Gasteiger partial charge on any atom is 0.238 e. The summed E-state index contributed by atoms with van der Waals surface area (Å²) in [5.41, 5.74) is 17.1. The maximum absolute atomic E-state index is 5.38. The third-order valence-electron chi connectivity index (χ3n) is 13.6. The van der Waals surface area contributed by atoms with Crippen LogP contribution in [0.1, 0.15) is 25.0 Å². The van der Waals surface area contributed by atoms with Crippen LogP contribution >= 0.6 is 0 Å². The first-order chi connectivity index (χ1) is 32.0. The number of rotatable bonds is 6. The molecular weight excluding hydrogens is 791 g/mol. The van der Waals surface area contributed by atoms with Crippen molar-refractivity contribution in [2.24, 2.45) is 0 Å². The fourth-order valence-electron chi connectivity index (χ4n) is 10.4. The Bertz CT molecular complexity index is 3840. The van der Waals surface area contributed by atoms with Gasteiger partial charge in [-0.25, -0.2) is 4.98 Å². The van der Waals surface area contributed by atoms with Crippen LogP contribution in [0.4, 0.5) is 0 Å². The van der Waals surface area contributed by atoms with Crippen LogP contribution in [0.5, 0.6) is 0 Å². The van der Waals surface area contributed by atoms with Gasteiger partial charge in [0.25, 0.3) is 0 Å². The van der Waals surface area contributed by atoms with E-state index in [1.807, 2.05) is 24.3 Å². The lowest BCUT2D eigenvalue weighted by Gasteiger charge is -2.21. The lowest BCUT2D eigenvalue weighted by Crippen LogP contribution is -2.14. The molecule has 0 saturated heterocycles. The maximum atomic E-state index is 5.38. The van der Waals surface area contributed by atoms with Gasteiger partial charge in [-0.05, 0) is 105 Å². The van der Waals surface area contributed by atoms with E-state index in [0.29, 0.717) is 17.6 Å². The second-order valence-electron chi connectivity index (χ2n) is 17.7. The molecule has 12 aromatic rings. The molecular formula is C60H41N5. The number of benzene rings is 9. The molecule has 0 bridgehead atoms. The molecule has 3 aromatic heterocycles. The molecule has 0 amide bonds. The Hall–Kier alpha value is -8.41. The highest BCUT2D eigenvalue weighted by atomic mass is 15.2. The molecule has 1 aliphatic rings. The second-order valence-corrected chi connectivity index (χ2v) is 17.7. The minimum atomic E-state index is -0.172. The molecule has 5 heteroatoms. The van der Waals surface area contributed by atoms with Crippen LogP contribution < -0.4 is 0 Å². The van der Waals surface area contributed by atoms with E-state index in [-0.39, 0.29) is 5.41 Å². The van der Waals surface area contributed by atoms with Gasteiger partial charge in [0.2, 0.25) is 5.95 Å². The Morgan fingerprint density at radius 2 is 0.862 bits per heavy atom. The van der Waals surface area contributed by atoms with Crippen molar-refractivity contribution in [3.05, 3.63) is 223 Å². The Labute approximate surface area is 376 Å². The lowest BCUT2D eigenvalue weighted by atomic mass is 9.82. The molecule has 9 aromatic carbocycles. The Morgan fingerprint density at radius 3 is 1.62 bits per heavy atom. The van der Waals surface area contributed by atoms with Crippen LogP contribution in [0.25, 0.3) is 111 Å². The molecule has 13 rings (SSSR count). The average Bonchev–Trinajstić information content (AvgIpc) is 3.96. The summed E-state index contributed by atoms with van der Waals surface area (Å²) in [4.78, 5) is 15.9. The fraction of sp³-hybridized carbons (Fsp3) is 0.0500. The van der Waals surface area contributed by atoms with Crippen LogP contribution in [-0.2, 0) is 5.41 Å². The molecule has 3 heterocycles. The number of para-hydroxylation sites is 2. The van der Waals surface area contributed by atoms with Crippen molar-refractivity contribution >= 4 is 43.6 Å². The van der Waals surface area contributed by atoms with E-state index in [9.17, 15) is 0 Å². The Kier molecular flexibility index (Phi) is 8.18. The molecule has 65 heavy (non-hydrogen) atoms. The third kappa shape index (κ3) is 5.82. The van der Waals surface area contributed by atoms with Gasteiger partial charge in [-0.3, -0.25) is 4.57 Å². The molecule has 0 atom stereocenters. The SMILES string of the molecule is CC1(C)c2ccccc2-c2cc3c(cc21)c1cc(-c2ccc4c(c2)c2ccccc2n4-c2ccccc2)ccc1n3-c1nc(-c2ccccc2)nc(-c2cccc(-c3ccccc3)c2)n1. The van der Waals surface area contributed by atoms with E-state index in [1.165, 1.54) is 44.1 Å². The van der Waals surface area contributed by atoms with Crippen molar-refractivity contribution in [1.29, 1.82) is 0 Å². The van der Waals surface area contributed by atoms with Gasteiger partial charge in [-0.15, -0.1) is 0 Å². The zero-order valence-corrected chi connectivity index (χ0v) is 35.9. The summed E-state index contributed by atoms with van der Waals surface area (Å²) < 4.78 is 4.63. The van der Waals surface area contributed by atoms with E-state index < -0.39 is 0 Å². The van der Waals surface area contributed by atoms with Gasteiger partial charge in [0.1, 0.15) is 0 Å². The van der Waals surface area contributed by atoms with E-state index in [1.54, 1.807) is 0 Å². The van der Waals surface area contributed by atoms with Gasteiger partial charge in [0.05, 0.1) is 22.1 Å². The van der Waals surface area contributed by atoms with Crippen LogP contribution in [0.15, 0.2) is 212 Å². The van der Waals surface area contributed by atoms with Gasteiger partial charge in [0, 0.05) is 43.8 Å². The van der Waals surface area contributed by atoms with Crippen LogP contribution in [0.3, 0.4) is 0 Å². The van der Waals surface area contributed by atoms with Gasteiger partial charge < -0.3 is 4.57 Å². The van der Waals surface area contributed by atoms with Crippen molar-refractivity contribution in [3.8, 4) is 67.8 Å². The molecule has 0 aliphatic heterocycles. The predicted molar refractivity (Wildman–Crippen MR) is 268 cm³/mol. The van der Waals surface area contributed by atoms with Crippen LogP contribution in [-0.4, -0.2) is 24.1 Å². The molecule has 0 unspecified atom stereocenters. The van der Waals surface area contributed by atoms with Crippen LogP contribution in [0.2, 0.25) is 0 Å². The van der Waals surface area contributed by atoms with Gasteiger partial charge in [0.15, 0.2) is 11.6 Å². The first-order valence-electron chi connectivity index (χ1n) is 22.3. The quantitative estimate of drug-likeness (QED) is 0.168. The monoisotopic (exact) mass is 831 g/mol. The summed E-state index contributed by atoms with van der Waals surface area (Å²) in [6.07, 6.45) is 0. The molecule has 0 spiro atoms. The second kappa shape index (κ2) is 14.3. The number of fused-ring (bicyclic) bond motifs is 9. The number of hydrogen-bond acceptors (Lipinski definition) is 3. The molecule has 0 saturated carbocycles. The first kappa shape index (κ1) is 37.2. The van der Waals surface area contributed by atoms with E-state index in [4.69, 9.17) is 15.0 Å². The highest BCUT2D eigenvalue weighted by Crippen LogP contribution is 2.51. The molecule has 5 nitrogen and oxygen atoms in total. The van der Waals surface area contributed by atoms with E-state index >= 15 is 0 Å². The minimum Gasteiger partial charge on any atom is -0.309 e. The largest absolute Gasteiger partial charge is 0.309 e. The van der Waals surface area contributed by atoms with Crippen LogP contribution in [0, 0.1) is 0 Å². The molecule has 0 fully saturated rings.